The standard InChI is InChI=1S/C20H21BrN2O2/c1-3-15-4-6-16(7-5-15)12-13-22-19(24)14(2)23-20(25)17-8-10-18(21)11-9-17/h3-11,14H,1,12-13H2,2H3,(H,22,24)(H,23,25). The molecule has 0 spiro atoms. The van der Waals surface area contributed by atoms with Crippen molar-refractivity contribution in [3.8, 4) is 0 Å². The van der Waals surface area contributed by atoms with Gasteiger partial charge in [-0.05, 0) is 48.7 Å². The Bertz CT molecular complexity index is 739. The summed E-state index contributed by atoms with van der Waals surface area (Å²) < 4.78 is 0.899. The molecule has 0 radical (unpaired) electrons. The van der Waals surface area contributed by atoms with Crippen molar-refractivity contribution in [2.45, 2.75) is 19.4 Å². The van der Waals surface area contributed by atoms with Crippen LogP contribution < -0.4 is 10.6 Å². The van der Waals surface area contributed by atoms with Crippen LogP contribution in [0.3, 0.4) is 0 Å². The average Bonchev–Trinajstić information content (AvgIpc) is 2.62. The first kappa shape index (κ1) is 18.9. The lowest BCUT2D eigenvalue weighted by Gasteiger charge is -2.14. The molecule has 130 valence electrons. The summed E-state index contributed by atoms with van der Waals surface area (Å²) in [5, 5.41) is 5.55. The summed E-state index contributed by atoms with van der Waals surface area (Å²) in [6.07, 6.45) is 2.53. The maximum Gasteiger partial charge on any atom is 0.251 e. The second-order valence-corrected chi connectivity index (χ2v) is 6.60. The minimum atomic E-state index is -0.598. The zero-order valence-electron chi connectivity index (χ0n) is 14.1. The SMILES string of the molecule is C=Cc1ccc(CCNC(=O)C(C)NC(=O)c2ccc(Br)cc2)cc1. The molecule has 1 atom stereocenters. The number of hydrogen-bond donors (Lipinski definition) is 2. The van der Waals surface area contributed by atoms with Gasteiger partial charge in [0.1, 0.15) is 6.04 Å². The maximum absolute atomic E-state index is 12.1. The van der Waals surface area contributed by atoms with Crippen molar-refractivity contribution in [3.05, 3.63) is 76.3 Å². The fraction of sp³-hybridized carbons (Fsp3) is 0.200. The largest absolute Gasteiger partial charge is 0.354 e. The molecule has 5 heteroatoms. The molecule has 2 amide bonds. The summed E-state index contributed by atoms with van der Waals surface area (Å²) in [5.41, 5.74) is 2.72. The molecule has 0 heterocycles. The number of nitrogens with one attached hydrogen (secondary N) is 2. The number of benzene rings is 2. The highest BCUT2D eigenvalue weighted by Gasteiger charge is 2.16. The van der Waals surface area contributed by atoms with E-state index >= 15 is 0 Å². The van der Waals surface area contributed by atoms with Gasteiger partial charge in [-0.2, -0.15) is 0 Å². The van der Waals surface area contributed by atoms with E-state index < -0.39 is 6.04 Å². The van der Waals surface area contributed by atoms with Crippen LogP contribution in [-0.4, -0.2) is 24.4 Å². The van der Waals surface area contributed by atoms with Crippen LogP contribution in [0.1, 0.15) is 28.4 Å². The lowest BCUT2D eigenvalue weighted by atomic mass is 10.1. The highest BCUT2D eigenvalue weighted by Crippen LogP contribution is 2.10. The van der Waals surface area contributed by atoms with Gasteiger partial charge in [0.05, 0.1) is 0 Å². The molecule has 2 rings (SSSR count). The first-order valence-corrected chi connectivity index (χ1v) is 8.84. The predicted octanol–water partition coefficient (Wildman–Crippen LogP) is 3.57. The third-order valence-electron chi connectivity index (χ3n) is 3.78. The molecule has 0 aliphatic carbocycles. The van der Waals surface area contributed by atoms with Gasteiger partial charge >= 0.3 is 0 Å². The molecule has 0 aliphatic heterocycles. The van der Waals surface area contributed by atoms with Crippen molar-refractivity contribution in [3.63, 3.8) is 0 Å². The molecule has 0 aromatic heterocycles. The second-order valence-electron chi connectivity index (χ2n) is 5.69. The summed E-state index contributed by atoms with van der Waals surface area (Å²) in [4.78, 5) is 24.2. The molecule has 4 nitrogen and oxygen atoms in total. The molecule has 2 aromatic rings. The Morgan fingerprint density at radius 1 is 1.12 bits per heavy atom. The Labute approximate surface area is 156 Å². The van der Waals surface area contributed by atoms with Gasteiger partial charge in [0.2, 0.25) is 5.91 Å². The zero-order chi connectivity index (χ0) is 18.2. The lowest BCUT2D eigenvalue weighted by molar-refractivity contribution is -0.122. The zero-order valence-corrected chi connectivity index (χ0v) is 15.7. The molecule has 0 saturated heterocycles. The molecule has 1 unspecified atom stereocenters. The van der Waals surface area contributed by atoms with Crippen LogP contribution in [0.2, 0.25) is 0 Å². The van der Waals surface area contributed by atoms with Crippen LogP contribution >= 0.6 is 15.9 Å². The van der Waals surface area contributed by atoms with Crippen LogP contribution in [0.5, 0.6) is 0 Å². The van der Waals surface area contributed by atoms with Crippen LogP contribution in [-0.2, 0) is 11.2 Å². The molecular weight excluding hydrogens is 380 g/mol. The van der Waals surface area contributed by atoms with E-state index in [1.165, 1.54) is 0 Å². The van der Waals surface area contributed by atoms with E-state index in [1.807, 2.05) is 24.3 Å². The van der Waals surface area contributed by atoms with Crippen molar-refractivity contribution in [1.29, 1.82) is 0 Å². The Morgan fingerprint density at radius 2 is 1.76 bits per heavy atom. The molecule has 25 heavy (non-hydrogen) atoms. The normalized spacial score (nSPS) is 11.4. The van der Waals surface area contributed by atoms with Crippen LogP contribution in [0.25, 0.3) is 6.08 Å². The second kappa shape index (κ2) is 9.18. The fourth-order valence-corrected chi connectivity index (χ4v) is 2.51. The Kier molecular flexibility index (Phi) is 6.95. The van der Waals surface area contributed by atoms with Gasteiger partial charge in [-0.25, -0.2) is 0 Å². The lowest BCUT2D eigenvalue weighted by Crippen LogP contribution is -2.45. The summed E-state index contributed by atoms with van der Waals surface area (Å²) in [5.74, 6) is -0.469. The number of carbonyl (C=O) groups excluding carboxylic acids is 2. The Balaban J connectivity index is 1.78. The van der Waals surface area contributed by atoms with Gasteiger partial charge in [-0.15, -0.1) is 0 Å². The van der Waals surface area contributed by atoms with Crippen molar-refractivity contribution >= 4 is 33.8 Å². The van der Waals surface area contributed by atoms with E-state index in [2.05, 4.69) is 33.1 Å². The number of amides is 2. The van der Waals surface area contributed by atoms with E-state index in [0.29, 0.717) is 12.1 Å². The topological polar surface area (TPSA) is 58.2 Å². The van der Waals surface area contributed by atoms with E-state index in [0.717, 1.165) is 22.0 Å². The van der Waals surface area contributed by atoms with Gasteiger partial charge < -0.3 is 10.6 Å². The summed E-state index contributed by atoms with van der Waals surface area (Å²) >= 11 is 3.32. The number of carbonyl (C=O) groups is 2. The van der Waals surface area contributed by atoms with E-state index in [9.17, 15) is 9.59 Å². The highest BCUT2D eigenvalue weighted by atomic mass is 79.9. The number of halogens is 1. The molecule has 0 aliphatic rings. The number of rotatable bonds is 7. The van der Waals surface area contributed by atoms with Crippen LogP contribution in [0.4, 0.5) is 0 Å². The van der Waals surface area contributed by atoms with Gasteiger partial charge in [0.25, 0.3) is 5.91 Å². The van der Waals surface area contributed by atoms with Gasteiger partial charge in [0, 0.05) is 16.6 Å². The van der Waals surface area contributed by atoms with Gasteiger partial charge in [0.15, 0.2) is 0 Å². The van der Waals surface area contributed by atoms with Crippen LogP contribution in [0, 0.1) is 0 Å². The Morgan fingerprint density at radius 3 is 2.36 bits per heavy atom. The summed E-state index contributed by atoms with van der Waals surface area (Å²) in [6.45, 7) is 5.91. The predicted molar refractivity (Wildman–Crippen MR) is 104 cm³/mol. The van der Waals surface area contributed by atoms with E-state index in [4.69, 9.17) is 0 Å². The van der Waals surface area contributed by atoms with Gasteiger partial charge in [-0.3, -0.25) is 9.59 Å². The van der Waals surface area contributed by atoms with Gasteiger partial charge in [-0.1, -0.05) is 52.9 Å². The number of hydrogen-bond acceptors (Lipinski definition) is 2. The highest BCUT2D eigenvalue weighted by molar-refractivity contribution is 9.10. The van der Waals surface area contributed by atoms with E-state index in [1.54, 1.807) is 37.3 Å². The maximum atomic E-state index is 12.1. The molecule has 2 aromatic carbocycles. The molecule has 2 N–H and O–H groups in total. The van der Waals surface area contributed by atoms with Crippen molar-refractivity contribution in [2.75, 3.05) is 6.54 Å². The third-order valence-corrected chi connectivity index (χ3v) is 4.30. The van der Waals surface area contributed by atoms with Crippen molar-refractivity contribution in [1.82, 2.24) is 10.6 Å². The molecule has 0 bridgehead atoms. The Hall–Kier alpha value is -2.40. The first-order valence-electron chi connectivity index (χ1n) is 8.05. The smallest absolute Gasteiger partial charge is 0.251 e. The minimum absolute atomic E-state index is 0.201. The summed E-state index contributed by atoms with van der Waals surface area (Å²) in [6, 6.07) is 14.4. The minimum Gasteiger partial charge on any atom is -0.354 e. The van der Waals surface area contributed by atoms with Crippen molar-refractivity contribution < 1.29 is 9.59 Å². The molecule has 0 saturated carbocycles. The first-order chi connectivity index (χ1) is 12.0. The quantitative estimate of drug-likeness (QED) is 0.746. The molecule has 0 fully saturated rings. The van der Waals surface area contributed by atoms with Crippen molar-refractivity contribution in [2.24, 2.45) is 0 Å². The van der Waals surface area contributed by atoms with E-state index in [-0.39, 0.29) is 11.8 Å². The monoisotopic (exact) mass is 400 g/mol. The fourth-order valence-electron chi connectivity index (χ4n) is 2.25. The van der Waals surface area contributed by atoms with Crippen LogP contribution in [0.15, 0.2) is 59.6 Å². The third kappa shape index (κ3) is 5.87. The molecular formula is C20H21BrN2O2. The summed E-state index contributed by atoms with van der Waals surface area (Å²) in [7, 11) is 0. The average molecular weight is 401 g/mol.